The molecular weight excluding hydrogens is 386 g/mol. The number of thiazole rings is 1. The molecule has 1 aliphatic heterocycles. The van der Waals surface area contributed by atoms with Crippen molar-refractivity contribution >= 4 is 62.2 Å². The number of nitrogens with zero attached hydrogens (tertiary/aromatic N) is 2. The van der Waals surface area contributed by atoms with E-state index in [-0.39, 0.29) is 5.91 Å². The Balaban J connectivity index is 1.44. The van der Waals surface area contributed by atoms with Crippen LogP contribution in [0.15, 0.2) is 46.8 Å². The molecule has 26 heavy (non-hydrogen) atoms. The van der Waals surface area contributed by atoms with E-state index in [0.717, 1.165) is 51.9 Å². The normalized spacial score (nSPS) is 14.1. The topological polar surface area (TPSA) is 45.2 Å². The number of anilines is 2. The Morgan fingerprint density at radius 1 is 1.19 bits per heavy atom. The van der Waals surface area contributed by atoms with E-state index in [2.05, 4.69) is 15.2 Å². The van der Waals surface area contributed by atoms with Crippen LogP contribution in [0.2, 0.25) is 5.02 Å². The van der Waals surface area contributed by atoms with E-state index in [1.807, 2.05) is 42.5 Å². The molecule has 0 bridgehead atoms. The molecule has 1 fully saturated rings. The first kappa shape index (κ1) is 17.6. The molecule has 1 saturated heterocycles. The van der Waals surface area contributed by atoms with E-state index in [1.165, 1.54) is 11.8 Å². The van der Waals surface area contributed by atoms with E-state index in [9.17, 15) is 4.79 Å². The fourth-order valence-corrected chi connectivity index (χ4v) is 5.27. The molecule has 1 aromatic heterocycles. The molecule has 0 unspecified atom stereocenters. The van der Waals surface area contributed by atoms with Gasteiger partial charge in [-0.05, 0) is 37.1 Å². The van der Waals surface area contributed by atoms with E-state index in [0.29, 0.717) is 10.8 Å². The third kappa shape index (κ3) is 3.82. The molecule has 0 aliphatic carbocycles. The summed E-state index contributed by atoms with van der Waals surface area (Å²) in [4.78, 5) is 19.3. The predicted octanol–water partition coefficient (Wildman–Crippen LogP) is 5.28. The summed E-state index contributed by atoms with van der Waals surface area (Å²) in [5, 5.41) is 3.71. The second-order valence-corrected chi connectivity index (χ2v) is 8.77. The summed E-state index contributed by atoms with van der Waals surface area (Å²) in [5.74, 6) is 0.281. The lowest BCUT2D eigenvalue weighted by atomic mass is 10.2. The Labute approximate surface area is 165 Å². The Bertz CT molecular complexity index is 904. The van der Waals surface area contributed by atoms with Gasteiger partial charge in [0.15, 0.2) is 4.34 Å². The zero-order valence-electron chi connectivity index (χ0n) is 14.1. The van der Waals surface area contributed by atoms with Crippen LogP contribution in [-0.4, -0.2) is 29.7 Å². The van der Waals surface area contributed by atoms with Gasteiger partial charge in [-0.15, -0.1) is 11.3 Å². The predicted molar refractivity (Wildman–Crippen MR) is 112 cm³/mol. The van der Waals surface area contributed by atoms with Crippen LogP contribution in [0.25, 0.3) is 10.2 Å². The monoisotopic (exact) mass is 403 g/mol. The minimum Gasteiger partial charge on any atom is -0.369 e. The quantitative estimate of drug-likeness (QED) is 0.588. The van der Waals surface area contributed by atoms with Crippen LogP contribution >= 0.6 is 34.7 Å². The molecule has 1 aliphatic rings. The molecule has 0 saturated carbocycles. The van der Waals surface area contributed by atoms with Crippen molar-refractivity contribution in [2.75, 3.05) is 29.1 Å². The summed E-state index contributed by atoms with van der Waals surface area (Å²) < 4.78 is 2.05. The average Bonchev–Trinajstić information content (AvgIpc) is 3.29. The Morgan fingerprint density at radius 3 is 2.81 bits per heavy atom. The standard InChI is InChI=1S/C19H18ClN3OS2/c20-13-6-5-8-15(18(13)23-10-3-4-11-23)21-17(24)12-25-19-22-14-7-1-2-9-16(14)26-19/h1-2,5-9H,3-4,10-12H2,(H,21,24). The molecule has 3 aromatic rings. The molecule has 7 heteroatoms. The number of nitrogens with one attached hydrogen (secondary N) is 1. The lowest BCUT2D eigenvalue weighted by Gasteiger charge is -2.22. The Hall–Kier alpha value is -1.76. The summed E-state index contributed by atoms with van der Waals surface area (Å²) in [6.07, 6.45) is 2.32. The molecule has 0 radical (unpaired) electrons. The van der Waals surface area contributed by atoms with Crippen LogP contribution in [0, 0.1) is 0 Å². The third-order valence-electron chi connectivity index (χ3n) is 4.28. The third-order valence-corrected chi connectivity index (χ3v) is 6.77. The van der Waals surface area contributed by atoms with Crippen LogP contribution in [0.3, 0.4) is 0 Å². The van der Waals surface area contributed by atoms with Crippen LogP contribution in [0.4, 0.5) is 11.4 Å². The maximum absolute atomic E-state index is 12.5. The molecule has 2 heterocycles. The number of rotatable bonds is 5. The minimum absolute atomic E-state index is 0.0445. The molecule has 0 spiro atoms. The van der Waals surface area contributed by atoms with Gasteiger partial charge in [-0.25, -0.2) is 4.98 Å². The molecule has 2 aromatic carbocycles. The summed E-state index contributed by atoms with van der Waals surface area (Å²) in [6, 6.07) is 13.7. The van der Waals surface area contributed by atoms with Crippen molar-refractivity contribution in [1.29, 1.82) is 0 Å². The van der Waals surface area contributed by atoms with Gasteiger partial charge in [0, 0.05) is 13.1 Å². The maximum atomic E-state index is 12.5. The lowest BCUT2D eigenvalue weighted by molar-refractivity contribution is -0.113. The van der Waals surface area contributed by atoms with E-state index in [1.54, 1.807) is 11.3 Å². The van der Waals surface area contributed by atoms with Gasteiger partial charge in [0.25, 0.3) is 0 Å². The molecule has 1 amide bonds. The van der Waals surface area contributed by atoms with Gasteiger partial charge in [0.1, 0.15) is 0 Å². The van der Waals surface area contributed by atoms with E-state index >= 15 is 0 Å². The number of thioether (sulfide) groups is 1. The van der Waals surface area contributed by atoms with Crippen LogP contribution in [0.1, 0.15) is 12.8 Å². The van der Waals surface area contributed by atoms with E-state index in [4.69, 9.17) is 11.6 Å². The highest BCUT2D eigenvalue weighted by molar-refractivity contribution is 8.01. The largest absolute Gasteiger partial charge is 0.369 e. The second kappa shape index (κ2) is 7.86. The fraction of sp³-hybridized carbons (Fsp3) is 0.263. The smallest absolute Gasteiger partial charge is 0.234 e. The maximum Gasteiger partial charge on any atom is 0.234 e. The summed E-state index contributed by atoms with van der Waals surface area (Å²) >= 11 is 9.48. The number of carbonyl (C=O) groups excluding carboxylic acids is 1. The van der Waals surface area contributed by atoms with Crippen LogP contribution in [0.5, 0.6) is 0 Å². The van der Waals surface area contributed by atoms with Crippen molar-refractivity contribution in [2.45, 2.75) is 17.2 Å². The molecule has 0 atom stereocenters. The number of benzene rings is 2. The van der Waals surface area contributed by atoms with Gasteiger partial charge in [-0.2, -0.15) is 0 Å². The van der Waals surface area contributed by atoms with Gasteiger partial charge < -0.3 is 10.2 Å². The second-order valence-electron chi connectivity index (χ2n) is 6.11. The first-order chi connectivity index (χ1) is 12.7. The molecule has 134 valence electrons. The zero-order valence-corrected chi connectivity index (χ0v) is 16.5. The fourth-order valence-electron chi connectivity index (χ4n) is 3.10. The molecule has 1 N–H and O–H groups in total. The van der Waals surface area contributed by atoms with Gasteiger partial charge >= 0.3 is 0 Å². The Morgan fingerprint density at radius 2 is 2.00 bits per heavy atom. The highest BCUT2D eigenvalue weighted by Crippen LogP contribution is 2.36. The van der Waals surface area contributed by atoms with Gasteiger partial charge in [0.2, 0.25) is 5.91 Å². The van der Waals surface area contributed by atoms with Crippen molar-refractivity contribution in [1.82, 2.24) is 4.98 Å². The number of amides is 1. The highest BCUT2D eigenvalue weighted by atomic mass is 35.5. The van der Waals surface area contributed by atoms with Crippen molar-refractivity contribution in [3.05, 3.63) is 47.5 Å². The van der Waals surface area contributed by atoms with Crippen LogP contribution < -0.4 is 10.2 Å². The van der Waals surface area contributed by atoms with Crippen LogP contribution in [-0.2, 0) is 4.79 Å². The van der Waals surface area contributed by atoms with Crippen molar-refractivity contribution in [3.8, 4) is 0 Å². The zero-order chi connectivity index (χ0) is 17.9. The summed E-state index contributed by atoms with van der Waals surface area (Å²) in [7, 11) is 0. The molecular formula is C19H18ClN3OS2. The minimum atomic E-state index is -0.0445. The number of hydrogen-bond acceptors (Lipinski definition) is 5. The number of carbonyl (C=O) groups is 1. The van der Waals surface area contributed by atoms with Gasteiger partial charge in [-0.1, -0.05) is 41.6 Å². The SMILES string of the molecule is O=C(CSc1nc2ccccc2s1)Nc1cccc(Cl)c1N1CCCC1. The molecule has 4 rings (SSSR count). The first-order valence-electron chi connectivity index (χ1n) is 8.52. The number of aromatic nitrogens is 1. The number of fused-ring (bicyclic) bond motifs is 1. The number of para-hydroxylation sites is 2. The van der Waals surface area contributed by atoms with Gasteiger partial charge in [-0.3, -0.25) is 4.79 Å². The van der Waals surface area contributed by atoms with Gasteiger partial charge in [0.05, 0.1) is 32.4 Å². The summed E-state index contributed by atoms with van der Waals surface area (Å²) in [6.45, 7) is 1.96. The number of hydrogen-bond donors (Lipinski definition) is 1. The van der Waals surface area contributed by atoms with Crippen molar-refractivity contribution < 1.29 is 4.79 Å². The van der Waals surface area contributed by atoms with Crippen molar-refractivity contribution in [2.24, 2.45) is 0 Å². The average molecular weight is 404 g/mol. The van der Waals surface area contributed by atoms with Crippen molar-refractivity contribution in [3.63, 3.8) is 0 Å². The number of halogens is 1. The lowest BCUT2D eigenvalue weighted by Crippen LogP contribution is -2.22. The Kier molecular flexibility index (Phi) is 5.33. The summed E-state index contributed by atoms with van der Waals surface area (Å²) in [5.41, 5.74) is 2.70. The van der Waals surface area contributed by atoms with E-state index < -0.39 is 0 Å². The first-order valence-corrected chi connectivity index (χ1v) is 10.7. The highest BCUT2D eigenvalue weighted by Gasteiger charge is 2.20. The molecule has 4 nitrogen and oxygen atoms in total.